The Morgan fingerprint density at radius 2 is 2.46 bits per heavy atom. The van der Waals surface area contributed by atoms with Crippen LogP contribution in [0.1, 0.15) is 24.8 Å². The van der Waals surface area contributed by atoms with Gasteiger partial charge in [-0.1, -0.05) is 6.92 Å². The topological polar surface area (TPSA) is 42.0 Å². The zero-order valence-electron chi connectivity index (χ0n) is 7.17. The third kappa shape index (κ3) is 1.35. The van der Waals surface area contributed by atoms with Gasteiger partial charge in [0.15, 0.2) is 0 Å². The first-order chi connectivity index (χ1) is 6.22. The van der Waals surface area contributed by atoms with Gasteiger partial charge in [-0.3, -0.25) is 4.79 Å². The molecule has 68 valence electrons. The van der Waals surface area contributed by atoms with Gasteiger partial charge in [-0.05, 0) is 28.4 Å². The number of aromatic nitrogens is 1. The fourth-order valence-electron chi connectivity index (χ4n) is 1.58. The van der Waals surface area contributed by atoms with E-state index in [1.807, 2.05) is 13.0 Å². The maximum atomic E-state index is 11.4. The van der Waals surface area contributed by atoms with Gasteiger partial charge in [0.1, 0.15) is 5.82 Å². The van der Waals surface area contributed by atoms with Crippen LogP contribution in [0.25, 0.3) is 0 Å². The molecule has 0 fully saturated rings. The fraction of sp³-hybridized carbons (Fsp3) is 0.333. The number of halogens is 1. The molecule has 1 unspecified atom stereocenters. The quantitative estimate of drug-likeness (QED) is 0.819. The molecule has 1 aliphatic rings. The van der Waals surface area contributed by atoms with E-state index in [0.29, 0.717) is 5.82 Å². The van der Waals surface area contributed by atoms with E-state index in [1.54, 1.807) is 6.20 Å². The van der Waals surface area contributed by atoms with Crippen molar-refractivity contribution >= 4 is 27.7 Å². The fourth-order valence-corrected chi connectivity index (χ4v) is 1.92. The molecule has 1 aromatic heterocycles. The molecule has 3 nitrogen and oxygen atoms in total. The Morgan fingerprint density at radius 1 is 1.69 bits per heavy atom. The molecule has 0 radical (unpaired) electrons. The minimum atomic E-state index is -0.0278. The SMILES string of the molecule is CCC1C(=O)Nc2ncc(Br)cc21. The predicted octanol–water partition coefficient (Wildman–Crippen LogP) is 2.29. The van der Waals surface area contributed by atoms with Crippen molar-refractivity contribution in [3.63, 3.8) is 0 Å². The first kappa shape index (κ1) is 8.69. The highest BCUT2D eigenvalue weighted by molar-refractivity contribution is 9.10. The monoisotopic (exact) mass is 240 g/mol. The molecule has 2 heterocycles. The maximum Gasteiger partial charge on any atom is 0.233 e. The molecule has 0 saturated heterocycles. The normalized spacial score (nSPS) is 19.8. The average molecular weight is 241 g/mol. The van der Waals surface area contributed by atoms with Gasteiger partial charge < -0.3 is 5.32 Å². The van der Waals surface area contributed by atoms with E-state index in [0.717, 1.165) is 16.5 Å². The van der Waals surface area contributed by atoms with Crippen LogP contribution in [0.15, 0.2) is 16.7 Å². The Morgan fingerprint density at radius 3 is 3.15 bits per heavy atom. The van der Waals surface area contributed by atoms with Crippen LogP contribution in [-0.2, 0) is 4.79 Å². The number of carbonyl (C=O) groups excluding carboxylic acids is 1. The number of nitrogens with zero attached hydrogens (tertiary/aromatic N) is 1. The minimum absolute atomic E-state index is 0.0278. The Bertz CT molecular complexity index is 365. The van der Waals surface area contributed by atoms with Gasteiger partial charge >= 0.3 is 0 Å². The Kier molecular flexibility index (Phi) is 2.07. The number of anilines is 1. The summed E-state index contributed by atoms with van der Waals surface area (Å²) in [6.07, 6.45) is 2.51. The molecule has 1 atom stereocenters. The van der Waals surface area contributed by atoms with Gasteiger partial charge in [-0.15, -0.1) is 0 Å². The number of rotatable bonds is 1. The number of carbonyl (C=O) groups is 1. The molecule has 1 aliphatic heterocycles. The molecule has 13 heavy (non-hydrogen) atoms. The lowest BCUT2D eigenvalue weighted by molar-refractivity contribution is -0.117. The molecule has 4 heteroatoms. The summed E-state index contributed by atoms with van der Waals surface area (Å²) in [7, 11) is 0. The van der Waals surface area contributed by atoms with E-state index < -0.39 is 0 Å². The lowest BCUT2D eigenvalue weighted by Crippen LogP contribution is -2.10. The average Bonchev–Trinajstić information content (AvgIpc) is 2.40. The van der Waals surface area contributed by atoms with E-state index in [9.17, 15) is 4.79 Å². The standard InChI is InChI=1S/C9H9BrN2O/c1-2-6-7-3-5(10)4-11-8(7)12-9(6)13/h3-4,6H,2H2,1H3,(H,11,12,13). The van der Waals surface area contributed by atoms with Gasteiger partial charge in [0.25, 0.3) is 0 Å². The van der Waals surface area contributed by atoms with Crippen LogP contribution >= 0.6 is 15.9 Å². The van der Waals surface area contributed by atoms with Crippen molar-refractivity contribution in [1.29, 1.82) is 0 Å². The molecule has 1 N–H and O–H groups in total. The van der Waals surface area contributed by atoms with E-state index in [4.69, 9.17) is 0 Å². The van der Waals surface area contributed by atoms with Crippen molar-refractivity contribution in [3.05, 3.63) is 22.3 Å². The van der Waals surface area contributed by atoms with Crippen LogP contribution in [0, 0.1) is 0 Å². The molecular formula is C9H9BrN2O. The summed E-state index contributed by atoms with van der Waals surface area (Å²) < 4.78 is 0.918. The molecule has 2 rings (SSSR count). The molecule has 0 spiro atoms. The third-order valence-electron chi connectivity index (χ3n) is 2.23. The highest BCUT2D eigenvalue weighted by Crippen LogP contribution is 2.34. The third-order valence-corrected chi connectivity index (χ3v) is 2.66. The van der Waals surface area contributed by atoms with E-state index in [1.165, 1.54) is 0 Å². The first-order valence-corrected chi connectivity index (χ1v) is 4.98. The van der Waals surface area contributed by atoms with Crippen LogP contribution in [0.4, 0.5) is 5.82 Å². The second-order valence-electron chi connectivity index (χ2n) is 3.04. The van der Waals surface area contributed by atoms with Crippen molar-refractivity contribution < 1.29 is 4.79 Å². The number of pyridine rings is 1. The van der Waals surface area contributed by atoms with Gasteiger partial charge in [-0.2, -0.15) is 0 Å². The highest BCUT2D eigenvalue weighted by Gasteiger charge is 2.29. The molecule has 1 amide bonds. The molecule has 0 saturated carbocycles. The van der Waals surface area contributed by atoms with Crippen LogP contribution in [0.5, 0.6) is 0 Å². The second-order valence-corrected chi connectivity index (χ2v) is 3.96. The highest BCUT2D eigenvalue weighted by atomic mass is 79.9. The van der Waals surface area contributed by atoms with E-state index in [-0.39, 0.29) is 11.8 Å². The van der Waals surface area contributed by atoms with Crippen LogP contribution in [-0.4, -0.2) is 10.9 Å². The Hall–Kier alpha value is -0.900. The first-order valence-electron chi connectivity index (χ1n) is 4.18. The van der Waals surface area contributed by atoms with Crippen LogP contribution in [0.3, 0.4) is 0 Å². The van der Waals surface area contributed by atoms with Crippen LogP contribution < -0.4 is 5.32 Å². The molecule has 0 bridgehead atoms. The summed E-state index contributed by atoms with van der Waals surface area (Å²) in [5, 5.41) is 2.75. The van der Waals surface area contributed by atoms with Crippen molar-refractivity contribution in [1.82, 2.24) is 4.98 Å². The van der Waals surface area contributed by atoms with Crippen molar-refractivity contribution in [2.75, 3.05) is 5.32 Å². The van der Waals surface area contributed by atoms with Gasteiger partial charge in [0.2, 0.25) is 5.91 Å². The summed E-state index contributed by atoms with van der Waals surface area (Å²) >= 11 is 3.34. The second kappa shape index (κ2) is 3.10. The number of hydrogen-bond donors (Lipinski definition) is 1. The molecule has 0 aliphatic carbocycles. The number of nitrogens with one attached hydrogen (secondary N) is 1. The van der Waals surface area contributed by atoms with Crippen LogP contribution in [0.2, 0.25) is 0 Å². The summed E-state index contributed by atoms with van der Waals surface area (Å²) in [5.41, 5.74) is 1.00. The van der Waals surface area contributed by atoms with Crippen molar-refractivity contribution in [3.8, 4) is 0 Å². The molecular weight excluding hydrogens is 232 g/mol. The summed E-state index contributed by atoms with van der Waals surface area (Å²) in [6, 6.07) is 1.95. The number of hydrogen-bond acceptors (Lipinski definition) is 2. The van der Waals surface area contributed by atoms with Gasteiger partial charge in [0.05, 0.1) is 5.92 Å². The lowest BCUT2D eigenvalue weighted by Gasteiger charge is -2.03. The summed E-state index contributed by atoms with van der Waals surface area (Å²) in [4.78, 5) is 15.5. The van der Waals surface area contributed by atoms with E-state index in [2.05, 4.69) is 26.2 Å². The lowest BCUT2D eigenvalue weighted by atomic mass is 10.0. The zero-order valence-corrected chi connectivity index (χ0v) is 8.76. The van der Waals surface area contributed by atoms with Crippen molar-refractivity contribution in [2.24, 2.45) is 0 Å². The number of amides is 1. The molecule has 0 aromatic carbocycles. The van der Waals surface area contributed by atoms with Crippen molar-refractivity contribution in [2.45, 2.75) is 19.3 Å². The smallest absolute Gasteiger partial charge is 0.233 e. The summed E-state index contributed by atoms with van der Waals surface area (Å²) in [5.74, 6) is 0.739. The summed E-state index contributed by atoms with van der Waals surface area (Å²) in [6.45, 7) is 2.00. The maximum absolute atomic E-state index is 11.4. The van der Waals surface area contributed by atoms with E-state index >= 15 is 0 Å². The minimum Gasteiger partial charge on any atom is -0.310 e. The number of fused-ring (bicyclic) bond motifs is 1. The zero-order chi connectivity index (χ0) is 9.42. The molecule has 1 aromatic rings. The van der Waals surface area contributed by atoms with Gasteiger partial charge in [0, 0.05) is 16.2 Å². The predicted molar refractivity (Wildman–Crippen MR) is 53.6 cm³/mol. The van der Waals surface area contributed by atoms with Gasteiger partial charge in [-0.25, -0.2) is 4.98 Å². The Labute approximate surface area is 84.7 Å². The Balaban J connectivity index is 2.50. The largest absolute Gasteiger partial charge is 0.310 e.